The Kier molecular flexibility index (Phi) is 258. The minimum atomic E-state index is 0. The highest BCUT2D eigenvalue weighted by Crippen LogP contribution is 1.56. The zero-order chi connectivity index (χ0) is 8.12. The number of hydrogen-bond acceptors (Lipinski definition) is 2. The van der Waals surface area contributed by atoms with Crippen LogP contribution in [0.4, 0.5) is 0 Å². The molecule has 0 atom stereocenters. The van der Waals surface area contributed by atoms with E-state index in [1.807, 2.05) is 6.92 Å². The fourth-order valence-electron chi connectivity index (χ4n) is 0. The van der Waals surface area contributed by atoms with E-state index in [1.54, 1.807) is 7.11 Å². The maximum absolute atomic E-state index is 7.00. The van der Waals surface area contributed by atoms with Crippen molar-refractivity contribution in [3.8, 4) is 0 Å². The summed E-state index contributed by atoms with van der Waals surface area (Å²) >= 11 is 0. The predicted molar refractivity (Wildman–Crippen MR) is 55.1 cm³/mol. The second kappa shape index (κ2) is 92.6. The summed E-state index contributed by atoms with van der Waals surface area (Å²) in [4.78, 5) is 0. The molecule has 0 spiro atoms. The zero-order valence-corrected chi connectivity index (χ0v) is 7.27. The summed E-state index contributed by atoms with van der Waals surface area (Å²) in [6.45, 7) is 7.03. The zero-order valence-electron chi connectivity index (χ0n) is 7.27. The van der Waals surface area contributed by atoms with Crippen LogP contribution in [0.25, 0.3) is 0 Å². The lowest BCUT2D eigenvalue weighted by atomic mass is 10.6. The number of rotatable bonds is 1. The first-order chi connectivity index (χ1) is 4.33. The first-order valence-electron chi connectivity index (χ1n) is 3.27. The van der Waals surface area contributed by atoms with Crippen molar-refractivity contribution >= 4 is 0 Å². The van der Waals surface area contributed by atoms with Crippen LogP contribution in [0.1, 0.15) is 42.0 Å². The molecule has 2 heteroatoms. The van der Waals surface area contributed by atoms with Crippen LogP contribution in [0, 0.1) is 0 Å². The van der Waals surface area contributed by atoms with Crippen LogP contribution in [-0.2, 0) is 4.74 Å². The van der Waals surface area contributed by atoms with E-state index in [0.717, 1.165) is 13.7 Å². The predicted octanol–water partition coefficient (Wildman–Crippen LogP) is 2.95. The Hall–Kier alpha value is -0.0800. The molecule has 76 valence electrons. The molecule has 0 fully saturated rings. The van der Waals surface area contributed by atoms with Gasteiger partial charge in [0.2, 0.25) is 0 Å². The van der Waals surface area contributed by atoms with Gasteiger partial charge in [-0.05, 0) is 6.92 Å². The fraction of sp³-hybridized carbons (Fsp3) is 1.00. The van der Waals surface area contributed by atoms with Crippen LogP contribution >= 0.6 is 0 Å². The molecular weight excluding hydrogens is 140 g/mol. The number of aliphatic hydroxyl groups is 1. The summed E-state index contributed by atoms with van der Waals surface area (Å²) < 4.78 is 4.54. The van der Waals surface area contributed by atoms with Gasteiger partial charge >= 0.3 is 0 Å². The van der Waals surface area contributed by atoms with Crippen molar-refractivity contribution in [2.75, 3.05) is 20.8 Å². The molecule has 0 saturated heterocycles. The van der Waals surface area contributed by atoms with Crippen LogP contribution in [-0.4, -0.2) is 25.9 Å². The first-order valence-corrected chi connectivity index (χ1v) is 3.27. The van der Waals surface area contributed by atoms with Crippen molar-refractivity contribution in [3.63, 3.8) is 0 Å². The molecule has 0 aliphatic carbocycles. The van der Waals surface area contributed by atoms with Crippen molar-refractivity contribution in [2.24, 2.45) is 0 Å². The van der Waals surface area contributed by atoms with Gasteiger partial charge in [-0.25, -0.2) is 0 Å². The van der Waals surface area contributed by atoms with Crippen molar-refractivity contribution in [3.05, 3.63) is 0 Å². The van der Waals surface area contributed by atoms with Gasteiger partial charge < -0.3 is 9.84 Å². The lowest BCUT2D eigenvalue weighted by Gasteiger charge is -1.76. The van der Waals surface area contributed by atoms with Gasteiger partial charge in [0.25, 0.3) is 0 Å². The molecule has 0 aliphatic heterocycles. The van der Waals surface area contributed by atoms with Gasteiger partial charge in [0.15, 0.2) is 0 Å². The van der Waals surface area contributed by atoms with Gasteiger partial charge in [0.05, 0.1) is 0 Å². The molecule has 0 unspecified atom stereocenters. The van der Waals surface area contributed by atoms with Crippen molar-refractivity contribution in [1.29, 1.82) is 0 Å². The highest BCUT2D eigenvalue weighted by Gasteiger charge is 1.51. The number of methoxy groups -OCH3 is 1. The molecule has 0 amide bonds. The van der Waals surface area contributed by atoms with E-state index in [2.05, 4.69) is 18.6 Å². The minimum Gasteiger partial charge on any atom is -0.400 e. The Balaban J connectivity index is -0.0000000158. The second-order valence-corrected chi connectivity index (χ2v) is 1.28. The SMILES string of the molecule is C.C.CCC.CCOC.CO. The largest absolute Gasteiger partial charge is 0.400 e. The van der Waals surface area contributed by atoms with Crippen LogP contribution < -0.4 is 0 Å². The van der Waals surface area contributed by atoms with E-state index in [4.69, 9.17) is 5.11 Å². The quantitative estimate of drug-likeness (QED) is 0.652. The Labute approximate surface area is 73.6 Å². The molecule has 0 saturated carbocycles. The molecule has 0 aliphatic rings. The lowest BCUT2D eigenvalue weighted by molar-refractivity contribution is 0.215. The summed E-state index contributed by atoms with van der Waals surface area (Å²) in [5, 5.41) is 7.00. The van der Waals surface area contributed by atoms with Crippen molar-refractivity contribution in [1.82, 2.24) is 0 Å². The van der Waals surface area contributed by atoms with Gasteiger partial charge in [-0.3, -0.25) is 0 Å². The molecule has 0 bridgehead atoms. The van der Waals surface area contributed by atoms with E-state index in [9.17, 15) is 0 Å². The van der Waals surface area contributed by atoms with Crippen LogP contribution in [0.5, 0.6) is 0 Å². The molecule has 0 aromatic carbocycles. The molecule has 0 aromatic rings. The summed E-state index contributed by atoms with van der Waals surface area (Å²) in [5.41, 5.74) is 0. The third-order valence-corrected chi connectivity index (χ3v) is 0.289. The third kappa shape index (κ3) is 735. The summed E-state index contributed by atoms with van der Waals surface area (Å²) in [6, 6.07) is 0. The average Bonchev–Trinajstić information content (AvgIpc) is 1.94. The van der Waals surface area contributed by atoms with Gasteiger partial charge in [-0.1, -0.05) is 35.1 Å². The Morgan fingerprint density at radius 1 is 1.00 bits per heavy atom. The maximum atomic E-state index is 7.00. The molecule has 0 aromatic heterocycles. The van der Waals surface area contributed by atoms with Gasteiger partial charge in [0.1, 0.15) is 0 Å². The highest BCUT2D eigenvalue weighted by atomic mass is 16.5. The molecule has 2 nitrogen and oxygen atoms in total. The number of ether oxygens (including phenoxy) is 1. The number of hydrogen-bond donors (Lipinski definition) is 1. The fourth-order valence-corrected chi connectivity index (χ4v) is 0. The lowest BCUT2D eigenvalue weighted by Crippen LogP contribution is -1.73. The van der Waals surface area contributed by atoms with Gasteiger partial charge in [-0.2, -0.15) is 0 Å². The molecule has 0 radical (unpaired) electrons. The smallest absolute Gasteiger partial charge is 0.0433 e. The van der Waals surface area contributed by atoms with Crippen LogP contribution in [0.3, 0.4) is 0 Å². The van der Waals surface area contributed by atoms with Crippen molar-refractivity contribution < 1.29 is 9.84 Å². The monoisotopic (exact) mass is 168 g/mol. The van der Waals surface area contributed by atoms with E-state index in [1.165, 1.54) is 6.42 Å². The van der Waals surface area contributed by atoms with Crippen molar-refractivity contribution in [2.45, 2.75) is 42.0 Å². The molecule has 0 rings (SSSR count). The third-order valence-electron chi connectivity index (χ3n) is 0.289. The minimum absolute atomic E-state index is 0. The Morgan fingerprint density at radius 2 is 1.09 bits per heavy atom. The summed E-state index contributed by atoms with van der Waals surface area (Å²) in [6.07, 6.45) is 1.25. The molecular formula is C9H28O2. The summed E-state index contributed by atoms with van der Waals surface area (Å²) in [7, 11) is 2.68. The Morgan fingerprint density at radius 3 is 1.09 bits per heavy atom. The number of aliphatic hydroxyl groups excluding tert-OH is 1. The highest BCUT2D eigenvalue weighted by molar-refractivity contribution is 3.94. The molecule has 1 N–H and O–H groups in total. The van der Waals surface area contributed by atoms with E-state index >= 15 is 0 Å². The van der Waals surface area contributed by atoms with Gasteiger partial charge in [-0.15, -0.1) is 0 Å². The maximum Gasteiger partial charge on any atom is 0.0433 e. The first kappa shape index (κ1) is 30.7. The van der Waals surface area contributed by atoms with E-state index in [0.29, 0.717) is 0 Å². The summed E-state index contributed by atoms with van der Waals surface area (Å²) in [5.74, 6) is 0. The van der Waals surface area contributed by atoms with Crippen LogP contribution in [0.2, 0.25) is 0 Å². The average molecular weight is 168 g/mol. The topological polar surface area (TPSA) is 29.5 Å². The standard InChI is InChI=1S/C3H8O.C3H8.CH4O.2CH4/c1-3-4-2;1-3-2;1-2;;/h3H2,1-2H3;3H2,1-2H3;2H,1H3;2*1H4. The van der Waals surface area contributed by atoms with E-state index < -0.39 is 0 Å². The van der Waals surface area contributed by atoms with E-state index in [-0.39, 0.29) is 14.9 Å². The van der Waals surface area contributed by atoms with Gasteiger partial charge in [0, 0.05) is 20.8 Å². The Bertz CT molecular complexity index is 15.0. The van der Waals surface area contributed by atoms with Crippen LogP contribution in [0.15, 0.2) is 0 Å². The molecule has 0 heterocycles. The molecule has 11 heavy (non-hydrogen) atoms. The normalized spacial score (nSPS) is 4.91. The second-order valence-electron chi connectivity index (χ2n) is 1.28.